The maximum Gasteiger partial charge on any atom is 0.258 e. The number of aliphatic hydroxyl groups excluding tert-OH is 1. The Labute approximate surface area is 118 Å². The van der Waals surface area contributed by atoms with Crippen LogP contribution in [0.2, 0.25) is 5.02 Å². The van der Waals surface area contributed by atoms with Gasteiger partial charge in [0.05, 0.1) is 6.61 Å². The molecule has 0 bridgehead atoms. The van der Waals surface area contributed by atoms with E-state index in [1.165, 1.54) is 0 Å². The van der Waals surface area contributed by atoms with Crippen LogP contribution in [0, 0.1) is 5.92 Å². The molecule has 1 atom stereocenters. The second-order valence-corrected chi connectivity index (χ2v) is 5.24. The van der Waals surface area contributed by atoms with Crippen LogP contribution in [0.3, 0.4) is 0 Å². The zero-order valence-corrected chi connectivity index (χ0v) is 12.2. The first-order chi connectivity index (χ1) is 8.93. The number of hydrogen-bond acceptors (Lipinski definition) is 3. The summed E-state index contributed by atoms with van der Waals surface area (Å²) >= 11 is 5.82. The maximum atomic E-state index is 11.7. The molecule has 1 rings (SSSR count). The van der Waals surface area contributed by atoms with E-state index in [0.29, 0.717) is 22.3 Å². The van der Waals surface area contributed by atoms with E-state index in [-0.39, 0.29) is 25.2 Å². The SMILES string of the molecule is CC(C)C(C)NC(=O)COc1ccc(Cl)cc1CO. The molecule has 0 aliphatic rings. The molecule has 0 aromatic heterocycles. The molecule has 0 spiro atoms. The molecular formula is C14H20ClNO3. The van der Waals surface area contributed by atoms with Gasteiger partial charge in [-0.3, -0.25) is 4.79 Å². The number of carbonyl (C=O) groups excluding carboxylic acids is 1. The van der Waals surface area contributed by atoms with Crippen LogP contribution in [0.5, 0.6) is 5.75 Å². The number of rotatable bonds is 6. The lowest BCUT2D eigenvalue weighted by Crippen LogP contribution is -2.39. The van der Waals surface area contributed by atoms with Gasteiger partial charge in [0.2, 0.25) is 0 Å². The largest absolute Gasteiger partial charge is 0.483 e. The van der Waals surface area contributed by atoms with Gasteiger partial charge in [0.15, 0.2) is 6.61 Å². The number of benzene rings is 1. The van der Waals surface area contributed by atoms with E-state index in [9.17, 15) is 9.90 Å². The van der Waals surface area contributed by atoms with E-state index in [4.69, 9.17) is 16.3 Å². The molecule has 19 heavy (non-hydrogen) atoms. The first kappa shape index (κ1) is 15.8. The van der Waals surface area contributed by atoms with Crippen LogP contribution in [0.4, 0.5) is 0 Å². The highest BCUT2D eigenvalue weighted by Crippen LogP contribution is 2.22. The van der Waals surface area contributed by atoms with Crippen molar-refractivity contribution in [3.63, 3.8) is 0 Å². The van der Waals surface area contributed by atoms with Gasteiger partial charge in [-0.15, -0.1) is 0 Å². The average molecular weight is 286 g/mol. The summed E-state index contributed by atoms with van der Waals surface area (Å²) in [6.45, 7) is 5.76. The quantitative estimate of drug-likeness (QED) is 0.844. The van der Waals surface area contributed by atoms with E-state index in [2.05, 4.69) is 5.32 Å². The van der Waals surface area contributed by atoms with Crippen molar-refractivity contribution in [3.8, 4) is 5.75 Å². The van der Waals surface area contributed by atoms with E-state index in [1.807, 2.05) is 20.8 Å². The molecule has 1 amide bonds. The Balaban J connectivity index is 2.55. The lowest BCUT2D eigenvalue weighted by atomic mass is 10.1. The fourth-order valence-electron chi connectivity index (χ4n) is 1.42. The van der Waals surface area contributed by atoms with Crippen LogP contribution in [-0.4, -0.2) is 23.7 Å². The minimum atomic E-state index is -0.181. The molecule has 0 fully saturated rings. The third-order valence-corrected chi connectivity index (χ3v) is 3.18. The predicted molar refractivity (Wildman–Crippen MR) is 75.3 cm³/mol. The number of ether oxygens (including phenoxy) is 1. The molecule has 1 unspecified atom stereocenters. The van der Waals surface area contributed by atoms with E-state index < -0.39 is 0 Å². The first-order valence-corrected chi connectivity index (χ1v) is 6.63. The van der Waals surface area contributed by atoms with Crippen molar-refractivity contribution >= 4 is 17.5 Å². The molecule has 1 aromatic rings. The highest BCUT2D eigenvalue weighted by Gasteiger charge is 2.12. The summed E-state index contributed by atoms with van der Waals surface area (Å²) in [5.41, 5.74) is 0.567. The summed E-state index contributed by atoms with van der Waals surface area (Å²) in [5, 5.41) is 12.6. The Morgan fingerprint density at radius 3 is 2.68 bits per heavy atom. The first-order valence-electron chi connectivity index (χ1n) is 6.25. The van der Waals surface area contributed by atoms with Gasteiger partial charge in [-0.1, -0.05) is 25.4 Å². The van der Waals surface area contributed by atoms with E-state index in [0.717, 1.165) is 0 Å². The number of aliphatic hydroxyl groups is 1. The fourth-order valence-corrected chi connectivity index (χ4v) is 1.61. The molecule has 0 heterocycles. The second kappa shape index (κ2) is 7.36. The van der Waals surface area contributed by atoms with E-state index in [1.54, 1.807) is 18.2 Å². The molecular weight excluding hydrogens is 266 g/mol. The van der Waals surface area contributed by atoms with Crippen LogP contribution >= 0.6 is 11.6 Å². The van der Waals surface area contributed by atoms with Gasteiger partial charge in [-0.2, -0.15) is 0 Å². The summed E-state index contributed by atoms with van der Waals surface area (Å²) in [4.78, 5) is 11.7. The topological polar surface area (TPSA) is 58.6 Å². The molecule has 0 aliphatic heterocycles. The van der Waals surface area contributed by atoms with Crippen molar-refractivity contribution in [1.29, 1.82) is 0 Å². The van der Waals surface area contributed by atoms with Crippen LogP contribution in [0.15, 0.2) is 18.2 Å². The standard InChI is InChI=1S/C14H20ClNO3/c1-9(2)10(3)16-14(18)8-19-13-5-4-12(15)6-11(13)7-17/h4-6,9-10,17H,7-8H2,1-3H3,(H,16,18). The summed E-state index contributed by atoms with van der Waals surface area (Å²) in [5.74, 6) is 0.659. The van der Waals surface area contributed by atoms with Gasteiger partial charge < -0.3 is 15.2 Å². The van der Waals surface area contributed by atoms with Gasteiger partial charge in [-0.05, 0) is 31.0 Å². The number of halogens is 1. The van der Waals surface area contributed by atoms with Gasteiger partial charge in [0.1, 0.15) is 5.75 Å². The van der Waals surface area contributed by atoms with Crippen molar-refractivity contribution in [2.24, 2.45) is 5.92 Å². The van der Waals surface area contributed by atoms with Crippen LogP contribution in [-0.2, 0) is 11.4 Å². The Hall–Kier alpha value is -1.26. The third kappa shape index (κ3) is 5.09. The smallest absolute Gasteiger partial charge is 0.258 e. The summed E-state index contributed by atoms with van der Waals surface area (Å²) in [7, 11) is 0. The molecule has 1 aromatic carbocycles. The minimum Gasteiger partial charge on any atom is -0.483 e. The van der Waals surface area contributed by atoms with Gasteiger partial charge >= 0.3 is 0 Å². The fraction of sp³-hybridized carbons (Fsp3) is 0.500. The average Bonchev–Trinajstić information content (AvgIpc) is 2.36. The van der Waals surface area contributed by atoms with Gasteiger partial charge in [-0.25, -0.2) is 0 Å². The van der Waals surface area contributed by atoms with Crippen LogP contribution in [0.25, 0.3) is 0 Å². The molecule has 2 N–H and O–H groups in total. The molecule has 106 valence electrons. The van der Waals surface area contributed by atoms with Crippen molar-refractivity contribution in [1.82, 2.24) is 5.32 Å². The highest BCUT2D eigenvalue weighted by molar-refractivity contribution is 6.30. The Morgan fingerprint density at radius 1 is 1.42 bits per heavy atom. The lowest BCUT2D eigenvalue weighted by molar-refractivity contribution is -0.124. The maximum absolute atomic E-state index is 11.7. The molecule has 0 radical (unpaired) electrons. The Kier molecular flexibility index (Phi) is 6.12. The van der Waals surface area contributed by atoms with Crippen molar-refractivity contribution in [2.75, 3.05) is 6.61 Å². The van der Waals surface area contributed by atoms with Crippen LogP contribution in [0.1, 0.15) is 26.3 Å². The van der Waals surface area contributed by atoms with Gasteiger partial charge in [0, 0.05) is 16.6 Å². The minimum absolute atomic E-state index is 0.0777. The van der Waals surface area contributed by atoms with Crippen molar-refractivity contribution in [2.45, 2.75) is 33.4 Å². The second-order valence-electron chi connectivity index (χ2n) is 4.80. The highest BCUT2D eigenvalue weighted by atomic mass is 35.5. The summed E-state index contributed by atoms with van der Waals surface area (Å²) in [6, 6.07) is 5.02. The van der Waals surface area contributed by atoms with Crippen molar-refractivity contribution < 1.29 is 14.6 Å². The summed E-state index contributed by atoms with van der Waals surface area (Å²) in [6.07, 6.45) is 0. The van der Waals surface area contributed by atoms with Crippen LogP contribution < -0.4 is 10.1 Å². The molecule has 0 saturated heterocycles. The molecule has 5 heteroatoms. The van der Waals surface area contributed by atoms with E-state index >= 15 is 0 Å². The van der Waals surface area contributed by atoms with Gasteiger partial charge in [0.25, 0.3) is 5.91 Å². The normalized spacial score (nSPS) is 12.3. The number of amides is 1. The third-order valence-electron chi connectivity index (χ3n) is 2.94. The zero-order chi connectivity index (χ0) is 14.4. The Morgan fingerprint density at radius 2 is 2.11 bits per heavy atom. The molecule has 4 nitrogen and oxygen atoms in total. The lowest BCUT2D eigenvalue weighted by Gasteiger charge is -2.18. The molecule has 0 saturated carbocycles. The predicted octanol–water partition coefficient (Wildman–Crippen LogP) is 2.37. The number of carbonyl (C=O) groups is 1. The molecule has 0 aliphatic carbocycles. The number of hydrogen-bond donors (Lipinski definition) is 2. The Bertz CT molecular complexity index is 435. The monoisotopic (exact) mass is 285 g/mol. The number of nitrogens with one attached hydrogen (secondary N) is 1. The van der Waals surface area contributed by atoms with Crippen molar-refractivity contribution in [3.05, 3.63) is 28.8 Å². The zero-order valence-electron chi connectivity index (χ0n) is 11.4. The summed E-state index contributed by atoms with van der Waals surface area (Å²) < 4.78 is 5.39.